The molecular weight excluding hydrogens is 254 g/mol. The van der Waals surface area contributed by atoms with Crippen molar-refractivity contribution in [2.45, 2.75) is 19.8 Å². The first kappa shape index (κ1) is 12.5. The highest BCUT2D eigenvalue weighted by atomic mass is 16.3. The van der Waals surface area contributed by atoms with Crippen molar-refractivity contribution in [3.05, 3.63) is 52.4 Å². The molecule has 0 fully saturated rings. The summed E-state index contributed by atoms with van der Waals surface area (Å²) in [6.45, 7) is 4.02. The Morgan fingerprint density at radius 3 is 2.60 bits per heavy atom. The Morgan fingerprint density at radius 2 is 1.95 bits per heavy atom. The number of aromatic nitrogens is 3. The van der Waals surface area contributed by atoms with E-state index in [0.717, 1.165) is 5.69 Å². The van der Waals surface area contributed by atoms with Crippen molar-refractivity contribution >= 4 is 5.65 Å². The predicted molar refractivity (Wildman–Crippen MR) is 77.0 cm³/mol. The molecule has 0 saturated heterocycles. The van der Waals surface area contributed by atoms with Gasteiger partial charge in [-0.1, -0.05) is 44.2 Å². The van der Waals surface area contributed by atoms with E-state index in [1.54, 1.807) is 18.2 Å². The first-order chi connectivity index (χ1) is 9.58. The Morgan fingerprint density at radius 1 is 1.25 bits per heavy atom. The highest BCUT2D eigenvalue weighted by Crippen LogP contribution is 2.26. The summed E-state index contributed by atoms with van der Waals surface area (Å²) in [6, 6.07) is 10.8. The van der Waals surface area contributed by atoms with Crippen molar-refractivity contribution in [1.82, 2.24) is 14.6 Å². The van der Waals surface area contributed by atoms with Gasteiger partial charge < -0.3 is 10.1 Å². The molecule has 0 spiro atoms. The molecule has 5 nitrogen and oxygen atoms in total. The van der Waals surface area contributed by atoms with Crippen LogP contribution in [0.4, 0.5) is 0 Å². The van der Waals surface area contributed by atoms with Crippen molar-refractivity contribution in [2.75, 3.05) is 0 Å². The highest BCUT2D eigenvalue weighted by Gasteiger charge is 2.16. The summed E-state index contributed by atoms with van der Waals surface area (Å²) in [4.78, 5) is 14.9. The zero-order chi connectivity index (χ0) is 14.3. The average Bonchev–Trinajstić information content (AvgIpc) is 2.84. The molecule has 0 saturated carbocycles. The Labute approximate surface area is 115 Å². The van der Waals surface area contributed by atoms with Crippen molar-refractivity contribution < 1.29 is 5.11 Å². The minimum Gasteiger partial charge on any atom is -0.493 e. The molecule has 0 aliphatic rings. The molecule has 3 rings (SSSR count). The predicted octanol–water partition coefficient (Wildman–Crippen LogP) is 2.52. The van der Waals surface area contributed by atoms with Crippen LogP contribution in [-0.2, 0) is 0 Å². The van der Waals surface area contributed by atoms with Gasteiger partial charge in [0.1, 0.15) is 11.2 Å². The number of aromatic amines is 1. The van der Waals surface area contributed by atoms with Crippen LogP contribution in [0, 0.1) is 0 Å². The van der Waals surface area contributed by atoms with Crippen LogP contribution in [0.2, 0.25) is 0 Å². The fraction of sp³-hybridized carbons (Fsp3) is 0.200. The van der Waals surface area contributed by atoms with Gasteiger partial charge in [0.05, 0.1) is 5.69 Å². The minimum atomic E-state index is -0.323. The number of nitrogens with one attached hydrogen (secondary N) is 1. The number of rotatable bonds is 2. The van der Waals surface area contributed by atoms with E-state index < -0.39 is 0 Å². The number of H-pyrrole nitrogens is 1. The molecule has 0 aliphatic carbocycles. The summed E-state index contributed by atoms with van der Waals surface area (Å²) < 4.78 is 1.37. The Bertz CT molecular complexity index is 816. The monoisotopic (exact) mass is 269 g/mol. The van der Waals surface area contributed by atoms with Gasteiger partial charge in [0, 0.05) is 6.07 Å². The quantitative estimate of drug-likeness (QED) is 0.751. The van der Waals surface area contributed by atoms with Crippen LogP contribution in [-0.4, -0.2) is 19.7 Å². The smallest absolute Gasteiger partial charge is 0.262 e. The van der Waals surface area contributed by atoms with Crippen molar-refractivity contribution in [1.29, 1.82) is 0 Å². The number of nitrogens with zero attached hydrogens (tertiary/aromatic N) is 2. The third-order valence-corrected chi connectivity index (χ3v) is 3.28. The molecule has 2 heterocycles. The maximum absolute atomic E-state index is 12.2. The minimum absolute atomic E-state index is 0.137. The number of benzene rings is 1. The third kappa shape index (κ3) is 1.87. The van der Waals surface area contributed by atoms with Gasteiger partial charge in [-0.05, 0) is 11.5 Å². The molecule has 102 valence electrons. The summed E-state index contributed by atoms with van der Waals surface area (Å²) in [5, 5.41) is 14.7. The average molecular weight is 269 g/mol. The van der Waals surface area contributed by atoms with Crippen LogP contribution >= 0.6 is 0 Å². The van der Waals surface area contributed by atoms with Gasteiger partial charge in [-0.2, -0.15) is 9.61 Å². The Balaban J connectivity index is 2.32. The fourth-order valence-corrected chi connectivity index (χ4v) is 2.18. The van der Waals surface area contributed by atoms with E-state index >= 15 is 0 Å². The molecule has 0 radical (unpaired) electrons. The summed E-state index contributed by atoms with van der Waals surface area (Å²) in [7, 11) is 0. The standard InChI is InChI=1S/C15H15N3O2/c1-9(2)11-8-12-16-14(19)13(15(20)18(12)17-11)10-6-4-3-5-7-10/h3-9,20H,1-2H3,(H,16,19). The van der Waals surface area contributed by atoms with Crippen LogP contribution in [0.15, 0.2) is 41.2 Å². The van der Waals surface area contributed by atoms with Crippen molar-refractivity contribution in [2.24, 2.45) is 0 Å². The summed E-state index contributed by atoms with van der Waals surface area (Å²) in [5.74, 6) is 0.0832. The van der Waals surface area contributed by atoms with Crippen LogP contribution in [0.3, 0.4) is 0 Å². The summed E-state index contributed by atoms with van der Waals surface area (Å²) in [6.07, 6.45) is 0. The van der Waals surface area contributed by atoms with Gasteiger partial charge in [-0.25, -0.2) is 0 Å². The molecule has 2 aromatic heterocycles. The van der Waals surface area contributed by atoms with Crippen LogP contribution in [0.25, 0.3) is 16.8 Å². The fourth-order valence-electron chi connectivity index (χ4n) is 2.18. The first-order valence-electron chi connectivity index (χ1n) is 6.48. The summed E-state index contributed by atoms with van der Waals surface area (Å²) >= 11 is 0. The molecule has 0 amide bonds. The molecule has 3 aromatic rings. The lowest BCUT2D eigenvalue weighted by Crippen LogP contribution is -2.12. The van der Waals surface area contributed by atoms with E-state index in [-0.39, 0.29) is 22.9 Å². The molecule has 20 heavy (non-hydrogen) atoms. The molecular formula is C15H15N3O2. The summed E-state index contributed by atoms with van der Waals surface area (Å²) in [5.41, 5.74) is 1.89. The van der Waals surface area contributed by atoms with Gasteiger partial charge in [-0.15, -0.1) is 0 Å². The molecule has 0 atom stereocenters. The first-order valence-corrected chi connectivity index (χ1v) is 6.48. The molecule has 0 unspecified atom stereocenters. The number of fused-ring (bicyclic) bond motifs is 1. The van der Waals surface area contributed by atoms with Gasteiger partial charge in [0.15, 0.2) is 0 Å². The zero-order valence-electron chi connectivity index (χ0n) is 11.3. The maximum Gasteiger partial charge on any atom is 0.262 e. The van der Waals surface area contributed by atoms with Gasteiger partial charge >= 0.3 is 0 Å². The number of hydrogen-bond acceptors (Lipinski definition) is 3. The van der Waals surface area contributed by atoms with Crippen LogP contribution in [0.5, 0.6) is 5.88 Å². The lowest BCUT2D eigenvalue weighted by atomic mass is 10.1. The van der Waals surface area contributed by atoms with Crippen LogP contribution < -0.4 is 5.56 Å². The largest absolute Gasteiger partial charge is 0.493 e. The van der Waals surface area contributed by atoms with E-state index in [1.807, 2.05) is 32.0 Å². The lowest BCUT2D eigenvalue weighted by Gasteiger charge is -2.05. The number of aromatic hydroxyl groups is 1. The molecule has 5 heteroatoms. The van der Waals surface area contributed by atoms with Crippen molar-refractivity contribution in [3.63, 3.8) is 0 Å². The van der Waals surface area contributed by atoms with E-state index in [9.17, 15) is 9.90 Å². The molecule has 2 N–H and O–H groups in total. The molecule has 1 aromatic carbocycles. The van der Waals surface area contributed by atoms with E-state index in [0.29, 0.717) is 11.2 Å². The zero-order valence-corrected chi connectivity index (χ0v) is 11.3. The van der Waals surface area contributed by atoms with Gasteiger partial charge in [-0.3, -0.25) is 4.79 Å². The topological polar surface area (TPSA) is 70.4 Å². The van der Waals surface area contributed by atoms with E-state index in [2.05, 4.69) is 10.1 Å². The van der Waals surface area contributed by atoms with E-state index in [4.69, 9.17) is 0 Å². The van der Waals surface area contributed by atoms with Crippen molar-refractivity contribution in [3.8, 4) is 17.0 Å². The second-order valence-electron chi connectivity index (χ2n) is 5.04. The second kappa shape index (κ2) is 4.52. The normalized spacial score (nSPS) is 11.3. The number of hydrogen-bond donors (Lipinski definition) is 2. The SMILES string of the molecule is CC(C)c1cc2[nH]c(=O)c(-c3ccccc3)c(O)n2n1. The Hall–Kier alpha value is -2.56. The van der Waals surface area contributed by atoms with E-state index in [1.165, 1.54) is 4.52 Å². The van der Waals surface area contributed by atoms with Crippen LogP contribution in [0.1, 0.15) is 25.5 Å². The third-order valence-electron chi connectivity index (χ3n) is 3.28. The maximum atomic E-state index is 12.2. The lowest BCUT2D eigenvalue weighted by molar-refractivity contribution is 0.435. The van der Waals surface area contributed by atoms with Gasteiger partial charge in [0.2, 0.25) is 5.88 Å². The second-order valence-corrected chi connectivity index (χ2v) is 5.04. The molecule has 0 bridgehead atoms. The van der Waals surface area contributed by atoms with Gasteiger partial charge in [0.25, 0.3) is 5.56 Å². The Kier molecular flexibility index (Phi) is 2.82. The molecule has 0 aliphatic heterocycles. The highest BCUT2D eigenvalue weighted by molar-refractivity contribution is 5.69.